The molecule has 3 rings (SSSR count). The number of carbonyl (C=O) groups excluding carboxylic acids is 1. The minimum Gasteiger partial charge on any atom is -0.351 e. The molecule has 1 unspecified atom stereocenters. The van der Waals surface area contributed by atoms with E-state index >= 15 is 0 Å². The quantitative estimate of drug-likeness (QED) is 0.659. The molecule has 1 aliphatic carbocycles. The number of benzene rings is 1. The Hall–Kier alpha value is -1.31. The van der Waals surface area contributed by atoms with Gasteiger partial charge in [-0.05, 0) is 36.5 Å². The maximum Gasteiger partial charge on any atom is 0.251 e. The van der Waals surface area contributed by atoms with E-state index < -0.39 is 0 Å². The van der Waals surface area contributed by atoms with Crippen LogP contribution in [0.5, 0.6) is 0 Å². The normalized spacial score (nSPS) is 24.0. The van der Waals surface area contributed by atoms with Crippen molar-refractivity contribution < 1.29 is 4.79 Å². The van der Waals surface area contributed by atoms with Gasteiger partial charge in [-0.2, -0.15) is 0 Å². The fraction of sp³-hybridized carbons (Fsp3) is 0.417. The van der Waals surface area contributed by atoms with Crippen LogP contribution in [0.4, 0.5) is 0 Å². The lowest BCUT2D eigenvalue weighted by Crippen LogP contribution is -2.36. The Morgan fingerprint density at radius 1 is 1.36 bits per heavy atom. The second-order valence-corrected chi connectivity index (χ2v) is 4.18. The molecular formula is C12H13NO. The lowest BCUT2D eigenvalue weighted by molar-refractivity contribution is 0.0938. The zero-order chi connectivity index (χ0) is 9.54. The first-order chi connectivity index (χ1) is 6.86. The van der Waals surface area contributed by atoms with Gasteiger partial charge >= 0.3 is 0 Å². The Morgan fingerprint density at radius 2 is 2.29 bits per heavy atom. The molecule has 2 heteroatoms. The fourth-order valence-corrected chi connectivity index (χ4v) is 2.71. The lowest BCUT2D eigenvalue weighted by atomic mass is 9.78. The van der Waals surface area contributed by atoms with Crippen LogP contribution in [-0.4, -0.2) is 12.5 Å². The van der Waals surface area contributed by atoms with Gasteiger partial charge in [-0.3, -0.25) is 4.79 Å². The molecule has 1 N–H and O–H groups in total. The van der Waals surface area contributed by atoms with Crippen LogP contribution in [0.2, 0.25) is 0 Å². The summed E-state index contributed by atoms with van der Waals surface area (Å²) in [6, 6.07) is 6.12. The van der Waals surface area contributed by atoms with Crippen molar-refractivity contribution in [2.24, 2.45) is 0 Å². The van der Waals surface area contributed by atoms with Crippen LogP contribution < -0.4 is 5.32 Å². The van der Waals surface area contributed by atoms with Gasteiger partial charge in [0, 0.05) is 18.0 Å². The molecule has 1 atom stereocenters. The van der Waals surface area contributed by atoms with Crippen molar-refractivity contribution in [3.8, 4) is 0 Å². The number of hydrogen-bond acceptors (Lipinski definition) is 1. The number of rotatable bonds is 0. The van der Waals surface area contributed by atoms with Crippen molar-refractivity contribution >= 4 is 5.91 Å². The maximum absolute atomic E-state index is 11.6. The van der Waals surface area contributed by atoms with Crippen molar-refractivity contribution in [1.29, 1.82) is 0 Å². The minimum absolute atomic E-state index is 0.111. The summed E-state index contributed by atoms with van der Waals surface area (Å²) in [4.78, 5) is 11.6. The van der Waals surface area contributed by atoms with Gasteiger partial charge in [0.25, 0.3) is 5.91 Å². The van der Waals surface area contributed by atoms with Crippen molar-refractivity contribution in [1.82, 2.24) is 5.32 Å². The Bertz CT molecular complexity index is 397. The van der Waals surface area contributed by atoms with E-state index in [1.807, 2.05) is 12.1 Å². The van der Waals surface area contributed by atoms with E-state index in [9.17, 15) is 4.79 Å². The molecule has 0 saturated heterocycles. The Labute approximate surface area is 83.3 Å². The number of carbonyl (C=O) groups is 1. The zero-order valence-corrected chi connectivity index (χ0v) is 8.05. The smallest absolute Gasteiger partial charge is 0.251 e. The highest BCUT2D eigenvalue weighted by atomic mass is 16.1. The molecule has 14 heavy (non-hydrogen) atoms. The average molecular weight is 187 g/mol. The van der Waals surface area contributed by atoms with Crippen LogP contribution in [0.15, 0.2) is 18.2 Å². The SMILES string of the molecule is O=C1NCC2CCCc3cccc1c32. The summed E-state index contributed by atoms with van der Waals surface area (Å²) in [6.07, 6.45) is 3.63. The fourth-order valence-electron chi connectivity index (χ4n) is 2.71. The van der Waals surface area contributed by atoms with Crippen LogP contribution in [0.25, 0.3) is 0 Å². The summed E-state index contributed by atoms with van der Waals surface area (Å²) in [7, 11) is 0. The van der Waals surface area contributed by atoms with Gasteiger partial charge in [0.1, 0.15) is 0 Å². The Kier molecular flexibility index (Phi) is 1.63. The minimum atomic E-state index is 0.111. The molecule has 0 radical (unpaired) electrons. The highest BCUT2D eigenvalue weighted by molar-refractivity contribution is 5.97. The van der Waals surface area contributed by atoms with Gasteiger partial charge < -0.3 is 5.32 Å². The predicted molar refractivity (Wildman–Crippen MR) is 54.5 cm³/mol. The Morgan fingerprint density at radius 3 is 3.21 bits per heavy atom. The van der Waals surface area contributed by atoms with Gasteiger partial charge in [0.2, 0.25) is 0 Å². The van der Waals surface area contributed by atoms with Gasteiger partial charge in [0.15, 0.2) is 0 Å². The first-order valence-corrected chi connectivity index (χ1v) is 5.26. The summed E-state index contributed by atoms with van der Waals surface area (Å²) in [6.45, 7) is 0.836. The third-order valence-electron chi connectivity index (χ3n) is 3.36. The van der Waals surface area contributed by atoms with Gasteiger partial charge in [-0.1, -0.05) is 12.1 Å². The molecule has 0 fully saturated rings. The van der Waals surface area contributed by atoms with Gasteiger partial charge in [-0.15, -0.1) is 0 Å². The molecule has 2 aliphatic rings. The van der Waals surface area contributed by atoms with E-state index in [-0.39, 0.29) is 5.91 Å². The van der Waals surface area contributed by atoms with E-state index in [4.69, 9.17) is 0 Å². The molecular weight excluding hydrogens is 174 g/mol. The Balaban J connectivity index is 2.24. The summed E-state index contributed by atoms with van der Waals surface area (Å²) in [5.74, 6) is 0.688. The molecule has 2 nitrogen and oxygen atoms in total. The van der Waals surface area contributed by atoms with Crippen molar-refractivity contribution in [2.75, 3.05) is 6.54 Å². The van der Waals surface area contributed by atoms with Gasteiger partial charge in [0.05, 0.1) is 0 Å². The first-order valence-electron chi connectivity index (χ1n) is 5.26. The van der Waals surface area contributed by atoms with Crippen molar-refractivity contribution in [3.63, 3.8) is 0 Å². The second-order valence-electron chi connectivity index (χ2n) is 4.18. The molecule has 1 aromatic rings. The zero-order valence-electron chi connectivity index (χ0n) is 8.05. The maximum atomic E-state index is 11.6. The van der Waals surface area contributed by atoms with E-state index in [2.05, 4.69) is 11.4 Å². The molecule has 72 valence electrons. The predicted octanol–water partition coefficient (Wildman–Crippen LogP) is 1.85. The van der Waals surface area contributed by atoms with Crippen LogP contribution in [0, 0.1) is 0 Å². The van der Waals surface area contributed by atoms with Crippen LogP contribution >= 0.6 is 0 Å². The molecule has 0 bridgehead atoms. The molecule has 1 heterocycles. The first kappa shape index (κ1) is 8.04. The van der Waals surface area contributed by atoms with Gasteiger partial charge in [-0.25, -0.2) is 0 Å². The molecule has 0 aromatic heterocycles. The monoisotopic (exact) mass is 187 g/mol. The van der Waals surface area contributed by atoms with E-state index in [1.165, 1.54) is 24.0 Å². The van der Waals surface area contributed by atoms with Crippen LogP contribution in [0.3, 0.4) is 0 Å². The highest BCUT2D eigenvalue weighted by Gasteiger charge is 2.29. The summed E-state index contributed by atoms with van der Waals surface area (Å²) in [5, 5.41) is 2.96. The number of amides is 1. The third-order valence-corrected chi connectivity index (χ3v) is 3.36. The third kappa shape index (κ3) is 0.999. The summed E-state index contributed by atoms with van der Waals surface area (Å²) in [5.41, 5.74) is 3.65. The molecule has 1 aliphatic heterocycles. The highest BCUT2D eigenvalue weighted by Crippen LogP contribution is 2.35. The lowest BCUT2D eigenvalue weighted by Gasteiger charge is -2.31. The summed E-state index contributed by atoms with van der Waals surface area (Å²) >= 11 is 0. The second kappa shape index (κ2) is 2.84. The largest absolute Gasteiger partial charge is 0.351 e. The molecule has 0 saturated carbocycles. The number of nitrogens with one attached hydrogen (secondary N) is 1. The summed E-state index contributed by atoms with van der Waals surface area (Å²) < 4.78 is 0. The standard InChI is InChI=1S/C12H13NO/c14-12-10-6-2-4-8-3-1-5-9(7-13-12)11(8)10/h2,4,6,9H,1,3,5,7H2,(H,13,14). The molecule has 0 spiro atoms. The molecule has 1 amide bonds. The molecule has 1 aromatic carbocycles. The van der Waals surface area contributed by atoms with Crippen molar-refractivity contribution in [2.45, 2.75) is 25.2 Å². The van der Waals surface area contributed by atoms with Crippen molar-refractivity contribution in [3.05, 3.63) is 34.9 Å². The topological polar surface area (TPSA) is 29.1 Å². The number of aryl methyl sites for hydroxylation is 1. The van der Waals surface area contributed by atoms with E-state index in [1.54, 1.807) is 0 Å². The average Bonchev–Trinajstić information content (AvgIpc) is 2.24. The van der Waals surface area contributed by atoms with Crippen LogP contribution in [0.1, 0.15) is 40.2 Å². The van der Waals surface area contributed by atoms with Crippen LogP contribution in [-0.2, 0) is 6.42 Å². The van der Waals surface area contributed by atoms with E-state index in [0.29, 0.717) is 5.92 Å². The number of hydrogen-bond donors (Lipinski definition) is 1. The van der Waals surface area contributed by atoms with E-state index in [0.717, 1.165) is 18.5 Å².